The Kier molecular flexibility index (Phi) is 3.34. The summed E-state index contributed by atoms with van der Waals surface area (Å²) in [5, 5.41) is 8.43. The fourth-order valence-electron chi connectivity index (χ4n) is 2.85. The van der Waals surface area contributed by atoms with Crippen molar-refractivity contribution in [3.63, 3.8) is 0 Å². The first-order valence-corrected chi connectivity index (χ1v) is 7.63. The van der Waals surface area contributed by atoms with Gasteiger partial charge in [0.05, 0.1) is 36.4 Å². The van der Waals surface area contributed by atoms with E-state index in [9.17, 15) is 4.79 Å². The second kappa shape index (κ2) is 5.51. The van der Waals surface area contributed by atoms with Gasteiger partial charge >= 0.3 is 0 Å². The lowest BCUT2D eigenvalue weighted by molar-refractivity contribution is -0.0771. The molecule has 0 unspecified atom stereocenters. The molecule has 23 heavy (non-hydrogen) atoms. The third-order valence-corrected chi connectivity index (χ3v) is 4.00. The summed E-state index contributed by atoms with van der Waals surface area (Å²) in [4.78, 5) is 22.1. The Morgan fingerprint density at radius 3 is 3.09 bits per heavy atom. The third-order valence-electron chi connectivity index (χ3n) is 4.00. The smallest absolute Gasteiger partial charge is 0.297 e. The van der Waals surface area contributed by atoms with Gasteiger partial charge < -0.3 is 4.57 Å². The van der Waals surface area contributed by atoms with E-state index in [0.717, 1.165) is 29.0 Å². The molecule has 1 amide bonds. The number of carbonyl (C=O) groups is 1. The van der Waals surface area contributed by atoms with Crippen molar-refractivity contribution in [3.8, 4) is 0 Å². The Hall–Kier alpha value is -2.67. The summed E-state index contributed by atoms with van der Waals surface area (Å²) in [5.74, 6) is 0.730. The highest BCUT2D eigenvalue weighted by atomic mass is 16.7. The predicted molar refractivity (Wildman–Crippen MR) is 83.8 cm³/mol. The van der Waals surface area contributed by atoms with Gasteiger partial charge in [0.1, 0.15) is 5.82 Å². The summed E-state index contributed by atoms with van der Waals surface area (Å²) in [6.45, 7) is 3.77. The van der Waals surface area contributed by atoms with Crippen LogP contribution in [0.3, 0.4) is 0 Å². The molecule has 0 spiro atoms. The highest BCUT2D eigenvalue weighted by Gasteiger charge is 2.23. The summed E-state index contributed by atoms with van der Waals surface area (Å²) in [6.07, 6.45) is 0.864. The largest absolute Gasteiger partial charge is 0.322 e. The van der Waals surface area contributed by atoms with Crippen molar-refractivity contribution in [2.75, 3.05) is 13.2 Å². The molecule has 0 radical (unpaired) electrons. The Morgan fingerprint density at radius 2 is 2.26 bits per heavy atom. The number of aromatic nitrogens is 4. The van der Waals surface area contributed by atoms with E-state index in [4.69, 9.17) is 4.84 Å². The molecule has 1 N–H and O–H groups in total. The minimum atomic E-state index is -0.197. The van der Waals surface area contributed by atoms with E-state index in [1.807, 2.05) is 31.2 Å². The van der Waals surface area contributed by atoms with Crippen LogP contribution in [-0.2, 0) is 11.4 Å². The van der Waals surface area contributed by atoms with Crippen LogP contribution in [0, 0.1) is 6.92 Å². The molecule has 3 aromatic rings. The lowest BCUT2D eigenvalue weighted by Gasteiger charge is -2.11. The topological polar surface area (TPSA) is 76.0 Å². The predicted octanol–water partition coefficient (Wildman–Crippen LogP) is 1.89. The highest BCUT2D eigenvalue weighted by Crippen LogP contribution is 2.17. The molecular weight excluding hydrogens is 294 g/mol. The summed E-state index contributed by atoms with van der Waals surface area (Å²) in [6, 6.07) is 9.77. The first kappa shape index (κ1) is 14.0. The highest BCUT2D eigenvalue weighted by molar-refractivity contribution is 5.91. The number of imidazole rings is 1. The molecule has 4 rings (SSSR count). The van der Waals surface area contributed by atoms with Gasteiger partial charge in [-0.2, -0.15) is 5.10 Å². The zero-order chi connectivity index (χ0) is 15.8. The number of amides is 1. The fourth-order valence-corrected chi connectivity index (χ4v) is 2.85. The summed E-state index contributed by atoms with van der Waals surface area (Å²) in [7, 11) is 0. The van der Waals surface area contributed by atoms with Crippen LogP contribution in [0.15, 0.2) is 30.3 Å². The summed E-state index contributed by atoms with van der Waals surface area (Å²) < 4.78 is 2.10. The van der Waals surface area contributed by atoms with E-state index in [-0.39, 0.29) is 5.91 Å². The van der Waals surface area contributed by atoms with Crippen molar-refractivity contribution in [2.24, 2.45) is 0 Å². The monoisotopic (exact) mass is 311 g/mol. The average molecular weight is 311 g/mol. The zero-order valence-electron chi connectivity index (χ0n) is 12.8. The first-order valence-electron chi connectivity index (χ1n) is 7.63. The van der Waals surface area contributed by atoms with Gasteiger partial charge in [0.2, 0.25) is 0 Å². The molecule has 0 bridgehead atoms. The van der Waals surface area contributed by atoms with Gasteiger partial charge in [0, 0.05) is 0 Å². The Bertz CT molecular complexity index is 860. The summed E-state index contributed by atoms with van der Waals surface area (Å²) in [5.41, 5.74) is 3.27. The number of para-hydroxylation sites is 2. The fraction of sp³-hybridized carbons (Fsp3) is 0.312. The zero-order valence-corrected chi connectivity index (χ0v) is 12.8. The Balaban J connectivity index is 1.59. The number of hydrogen-bond acceptors (Lipinski definition) is 4. The number of hydrogen-bond donors (Lipinski definition) is 1. The first-order chi connectivity index (χ1) is 11.2. The standard InChI is InChI=1S/C16H17N5O2/c1-11-17-13-5-2-3-6-15(13)20(11)10-12-9-14(19-18-12)16(22)21-7-4-8-23-21/h2-3,5-6,9H,4,7-8,10H2,1H3,(H,18,19). The SMILES string of the molecule is Cc1nc2ccccc2n1Cc1cc(C(=O)N2CCCO2)n[nH]1. The van der Waals surface area contributed by atoms with Crippen LogP contribution in [-0.4, -0.2) is 43.9 Å². The molecule has 1 aromatic carbocycles. The van der Waals surface area contributed by atoms with Crippen LogP contribution in [0.4, 0.5) is 0 Å². The number of rotatable bonds is 3. The number of aromatic amines is 1. The molecule has 7 nitrogen and oxygen atoms in total. The molecule has 1 aliphatic heterocycles. The molecule has 2 aromatic heterocycles. The van der Waals surface area contributed by atoms with Gasteiger partial charge in [-0.1, -0.05) is 12.1 Å². The van der Waals surface area contributed by atoms with Gasteiger partial charge in [-0.15, -0.1) is 0 Å². The van der Waals surface area contributed by atoms with Gasteiger partial charge in [0.15, 0.2) is 5.69 Å². The number of nitrogens with one attached hydrogen (secondary N) is 1. The van der Waals surface area contributed by atoms with E-state index in [2.05, 4.69) is 19.7 Å². The number of nitrogens with zero attached hydrogens (tertiary/aromatic N) is 4. The van der Waals surface area contributed by atoms with Gasteiger partial charge in [-0.05, 0) is 31.5 Å². The normalized spacial score (nSPS) is 14.7. The van der Waals surface area contributed by atoms with Crippen LogP contribution >= 0.6 is 0 Å². The molecular formula is C16H17N5O2. The van der Waals surface area contributed by atoms with Crippen LogP contribution < -0.4 is 0 Å². The van der Waals surface area contributed by atoms with Crippen molar-refractivity contribution in [1.82, 2.24) is 24.8 Å². The Morgan fingerprint density at radius 1 is 1.39 bits per heavy atom. The van der Waals surface area contributed by atoms with Crippen molar-refractivity contribution in [1.29, 1.82) is 0 Å². The molecule has 0 aliphatic carbocycles. The molecule has 118 valence electrons. The van der Waals surface area contributed by atoms with E-state index in [1.165, 1.54) is 5.06 Å². The summed E-state index contributed by atoms with van der Waals surface area (Å²) >= 11 is 0. The van der Waals surface area contributed by atoms with Gasteiger partial charge in [-0.25, -0.2) is 10.0 Å². The van der Waals surface area contributed by atoms with Crippen molar-refractivity contribution < 1.29 is 9.63 Å². The molecule has 0 atom stereocenters. The average Bonchev–Trinajstić information content (AvgIpc) is 3.28. The lowest BCUT2D eigenvalue weighted by atomic mass is 10.3. The second-order valence-electron chi connectivity index (χ2n) is 5.61. The molecule has 3 heterocycles. The van der Waals surface area contributed by atoms with Crippen LogP contribution in [0.1, 0.15) is 28.4 Å². The van der Waals surface area contributed by atoms with Crippen LogP contribution in [0.25, 0.3) is 11.0 Å². The number of H-pyrrole nitrogens is 1. The molecule has 1 aliphatic rings. The molecule has 1 fully saturated rings. The second-order valence-corrected chi connectivity index (χ2v) is 5.61. The number of benzene rings is 1. The van der Waals surface area contributed by atoms with E-state index in [1.54, 1.807) is 6.07 Å². The van der Waals surface area contributed by atoms with Crippen LogP contribution in [0.2, 0.25) is 0 Å². The molecule has 0 saturated carbocycles. The van der Waals surface area contributed by atoms with Crippen molar-refractivity contribution in [3.05, 3.63) is 47.5 Å². The molecule has 7 heteroatoms. The van der Waals surface area contributed by atoms with Gasteiger partial charge in [-0.3, -0.25) is 14.7 Å². The Labute approximate surface area is 132 Å². The lowest BCUT2D eigenvalue weighted by Crippen LogP contribution is -2.26. The quantitative estimate of drug-likeness (QED) is 0.801. The van der Waals surface area contributed by atoms with Crippen molar-refractivity contribution in [2.45, 2.75) is 19.9 Å². The van der Waals surface area contributed by atoms with Crippen LogP contribution in [0.5, 0.6) is 0 Å². The van der Waals surface area contributed by atoms with E-state index < -0.39 is 0 Å². The maximum absolute atomic E-state index is 12.2. The minimum Gasteiger partial charge on any atom is -0.322 e. The number of fused-ring (bicyclic) bond motifs is 1. The van der Waals surface area contributed by atoms with E-state index >= 15 is 0 Å². The maximum atomic E-state index is 12.2. The third kappa shape index (κ3) is 2.49. The molecule has 1 saturated heterocycles. The number of carbonyl (C=O) groups excluding carboxylic acids is 1. The number of aryl methyl sites for hydroxylation is 1. The van der Waals surface area contributed by atoms with Crippen molar-refractivity contribution >= 4 is 16.9 Å². The van der Waals surface area contributed by atoms with Gasteiger partial charge in [0.25, 0.3) is 5.91 Å². The van der Waals surface area contributed by atoms with E-state index in [0.29, 0.717) is 25.4 Å². The number of hydroxylamine groups is 2. The maximum Gasteiger partial charge on any atom is 0.297 e. The minimum absolute atomic E-state index is 0.197.